The highest BCUT2D eigenvalue weighted by molar-refractivity contribution is 9.10. The highest BCUT2D eigenvalue weighted by atomic mass is 79.9. The maximum atomic E-state index is 11.8. The lowest BCUT2D eigenvalue weighted by atomic mass is 10.3. The van der Waals surface area contributed by atoms with Crippen molar-refractivity contribution >= 4 is 27.7 Å². The predicted octanol–water partition coefficient (Wildman–Crippen LogP) is 2.19. The molecule has 5 nitrogen and oxygen atoms in total. The zero-order chi connectivity index (χ0) is 12.3. The van der Waals surface area contributed by atoms with E-state index in [0.29, 0.717) is 16.1 Å². The zero-order valence-electron chi connectivity index (χ0n) is 9.01. The summed E-state index contributed by atoms with van der Waals surface area (Å²) in [6.07, 6.45) is 2.98. The number of carbonyl (C=O) groups excluding carboxylic acids is 1. The molecule has 0 spiro atoms. The quantitative estimate of drug-likeness (QED) is 0.921. The minimum Gasteiger partial charge on any atom is -0.304 e. The van der Waals surface area contributed by atoms with Crippen molar-refractivity contribution in [3.05, 3.63) is 46.6 Å². The van der Waals surface area contributed by atoms with Gasteiger partial charge in [0.05, 0.1) is 12.4 Å². The molecule has 2 rings (SSSR count). The van der Waals surface area contributed by atoms with Gasteiger partial charge < -0.3 is 5.32 Å². The van der Waals surface area contributed by atoms with Gasteiger partial charge in [-0.15, -0.1) is 0 Å². The van der Waals surface area contributed by atoms with Crippen molar-refractivity contribution in [1.82, 2.24) is 15.0 Å². The van der Waals surface area contributed by atoms with Gasteiger partial charge in [-0.1, -0.05) is 6.07 Å². The summed E-state index contributed by atoms with van der Waals surface area (Å²) >= 11 is 3.17. The van der Waals surface area contributed by atoms with Crippen LogP contribution in [0.25, 0.3) is 0 Å². The van der Waals surface area contributed by atoms with Crippen LogP contribution in [0.3, 0.4) is 0 Å². The number of hydrogen-bond acceptors (Lipinski definition) is 4. The lowest BCUT2D eigenvalue weighted by Gasteiger charge is -2.03. The maximum absolute atomic E-state index is 11.8. The van der Waals surface area contributed by atoms with E-state index in [1.165, 1.54) is 12.4 Å². The van der Waals surface area contributed by atoms with Crippen LogP contribution in [0, 0.1) is 6.92 Å². The van der Waals surface area contributed by atoms with E-state index in [9.17, 15) is 4.79 Å². The summed E-state index contributed by atoms with van der Waals surface area (Å²) in [6, 6.07) is 5.26. The first kappa shape index (κ1) is 11.7. The van der Waals surface area contributed by atoms with Gasteiger partial charge in [0.15, 0.2) is 5.82 Å². The summed E-state index contributed by atoms with van der Waals surface area (Å²) in [5, 5.41) is 2.62. The molecule has 0 aliphatic rings. The molecule has 17 heavy (non-hydrogen) atoms. The monoisotopic (exact) mass is 292 g/mol. The number of aryl methyl sites for hydroxylation is 1. The Morgan fingerprint density at radius 3 is 2.76 bits per heavy atom. The summed E-state index contributed by atoms with van der Waals surface area (Å²) in [7, 11) is 0. The second-order valence-electron chi connectivity index (χ2n) is 3.34. The Kier molecular flexibility index (Phi) is 3.43. The first-order chi connectivity index (χ1) is 8.15. The number of nitrogens with one attached hydrogen (secondary N) is 1. The minimum absolute atomic E-state index is 0.301. The summed E-state index contributed by atoms with van der Waals surface area (Å²) in [5.74, 6) is 0.0897. The van der Waals surface area contributed by atoms with Crippen molar-refractivity contribution in [2.75, 3.05) is 5.32 Å². The standard InChI is InChI=1S/C11H9BrN4O/c1-7-3-2-4-8(15-7)11(17)16-10-6-13-9(12)5-14-10/h2-6H,1H3,(H,14,16,17). The van der Waals surface area contributed by atoms with Crippen molar-refractivity contribution in [2.45, 2.75) is 6.92 Å². The molecule has 2 aromatic rings. The van der Waals surface area contributed by atoms with Gasteiger partial charge in [0.25, 0.3) is 5.91 Å². The maximum Gasteiger partial charge on any atom is 0.275 e. The molecular formula is C11H9BrN4O. The number of hydrogen-bond donors (Lipinski definition) is 1. The second-order valence-corrected chi connectivity index (χ2v) is 4.16. The summed E-state index contributed by atoms with van der Waals surface area (Å²) in [5.41, 5.74) is 1.15. The van der Waals surface area contributed by atoms with E-state index in [1.807, 2.05) is 13.0 Å². The number of amides is 1. The Morgan fingerprint density at radius 2 is 2.12 bits per heavy atom. The Hall–Kier alpha value is -1.82. The molecule has 0 radical (unpaired) electrons. The number of carbonyl (C=O) groups is 1. The molecule has 0 saturated heterocycles. The van der Waals surface area contributed by atoms with E-state index < -0.39 is 0 Å². The van der Waals surface area contributed by atoms with Gasteiger partial charge in [0.1, 0.15) is 10.3 Å². The van der Waals surface area contributed by atoms with Crippen molar-refractivity contribution in [3.8, 4) is 0 Å². The fraction of sp³-hybridized carbons (Fsp3) is 0.0909. The fourth-order valence-electron chi connectivity index (χ4n) is 1.23. The van der Waals surface area contributed by atoms with E-state index in [1.54, 1.807) is 12.1 Å². The Labute approximate surface area is 106 Å². The van der Waals surface area contributed by atoms with E-state index in [0.717, 1.165) is 5.69 Å². The molecular weight excluding hydrogens is 284 g/mol. The smallest absolute Gasteiger partial charge is 0.275 e. The van der Waals surface area contributed by atoms with Gasteiger partial charge in [-0.05, 0) is 35.0 Å². The molecule has 86 valence electrons. The molecule has 0 atom stereocenters. The number of halogens is 1. The van der Waals surface area contributed by atoms with Crippen molar-refractivity contribution < 1.29 is 4.79 Å². The largest absolute Gasteiger partial charge is 0.304 e. The summed E-state index contributed by atoms with van der Waals surface area (Å²) < 4.78 is 0.615. The number of anilines is 1. The lowest BCUT2D eigenvalue weighted by Crippen LogP contribution is -2.15. The molecule has 0 aromatic carbocycles. The molecule has 0 fully saturated rings. The molecule has 0 bridgehead atoms. The first-order valence-electron chi connectivity index (χ1n) is 4.88. The van der Waals surface area contributed by atoms with Crippen LogP contribution in [0.1, 0.15) is 16.2 Å². The van der Waals surface area contributed by atoms with Crippen LogP contribution < -0.4 is 5.32 Å². The van der Waals surface area contributed by atoms with Crippen LogP contribution in [-0.4, -0.2) is 20.9 Å². The summed E-state index contributed by atoms with van der Waals surface area (Å²) in [4.78, 5) is 23.9. The molecule has 1 amide bonds. The molecule has 2 aromatic heterocycles. The number of rotatable bonds is 2. The lowest BCUT2D eigenvalue weighted by molar-refractivity contribution is 0.102. The topological polar surface area (TPSA) is 67.8 Å². The van der Waals surface area contributed by atoms with Crippen LogP contribution in [0.15, 0.2) is 35.2 Å². The van der Waals surface area contributed by atoms with E-state index in [-0.39, 0.29) is 5.91 Å². The molecule has 0 saturated carbocycles. The van der Waals surface area contributed by atoms with Crippen molar-refractivity contribution in [2.24, 2.45) is 0 Å². The SMILES string of the molecule is Cc1cccc(C(=O)Nc2cnc(Br)cn2)n1. The van der Waals surface area contributed by atoms with Gasteiger partial charge >= 0.3 is 0 Å². The van der Waals surface area contributed by atoms with Crippen LogP contribution >= 0.6 is 15.9 Å². The van der Waals surface area contributed by atoms with Gasteiger partial charge in [-0.2, -0.15) is 0 Å². The van der Waals surface area contributed by atoms with Crippen LogP contribution in [-0.2, 0) is 0 Å². The van der Waals surface area contributed by atoms with Crippen LogP contribution in [0.5, 0.6) is 0 Å². The number of nitrogens with zero attached hydrogens (tertiary/aromatic N) is 3. The third-order valence-electron chi connectivity index (χ3n) is 1.98. The predicted molar refractivity (Wildman–Crippen MR) is 66.7 cm³/mol. The second kappa shape index (κ2) is 5.01. The van der Waals surface area contributed by atoms with Crippen molar-refractivity contribution in [3.63, 3.8) is 0 Å². The first-order valence-corrected chi connectivity index (χ1v) is 5.67. The van der Waals surface area contributed by atoms with Crippen molar-refractivity contribution in [1.29, 1.82) is 0 Å². The van der Waals surface area contributed by atoms with E-state index >= 15 is 0 Å². The third kappa shape index (κ3) is 3.07. The van der Waals surface area contributed by atoms with Gasteiger partial charge in [-0.3, -0.25) is 4.79 Å². The van der Waals surface area contributed by atoms with Gasteiger partial charge in [0.2, 0.25) is 0 Å². The molecule has 1 N–H and O–H groups in total. The van der Waals surface area contributed by atoms with Gasteiger partial charge in [0, 0.05) is 5.69 Å². The fourth-order valence-corrected chi connectivity index (χ4v) is 1.43. The van der Waals surface area contributed by atoms with Crippen LogP contribution in [0.2, 0.25) is 0 Å². The van der Waals surface area contributed by atoms with E-state index in [4.69, 9.17) is 0 Å². The normalized spacial score (nSPS) is 10.0. The molecule has 0 aliphatic heterocycles. The number of aromatic nitrogens is 3. The Morgan fingerprint density at radius 1 is 1.29 bits per heavy atom. The highest BCUT2D eigenvalue weighted by Gasteiger charge is 2.08. The zero-order valence-corrected chi connectivity index (χ0v) is 10.6. The molecule has 0 unspecified atom stereocenters. The Bertz CT molecular complexity index is 541. The summed E-state index contributed by atoms with van der Waals surface area (Å²) in [6.45, 7) is 1.83. The average molecular weight is 293 g/mol. The molecule has 0 aliphatic carbocycles. The van der Waals surface area contributed by atoms with Crippen LogP contribution in [0.4, 0.5) is 5.82 Å². The molecule has 6 heteroatoms. The Balaban J connectivity index is 2.14. The van der Waals surface area contributed by atoms with E-state index in [2.05, 4.69) is 36.2 Å². The molecule has 2 heterocycles. The highest BCUT2D eigenvalue weighted by Crippen LogP contribution is 2.07. The average Bonchev–Trinajstić information content (AvgIpc) is 2.32. The van der Waals surface area contributed by atoms with Gasteiger partial charge in [-0.25, -0.2) is 15.0 Å². The minimum atomic E-state index is -0.301. The third-order valence-corrected chi connectivity index (χ3v) is 2.39. The number of pyridine rings is 1.